The maximum absolute atomic E-state index is 4.04. The van der Waals surface area contributed by atoms with E-state index >= 15 is 0 Å². The second-order valence-corrected chi connectivity index (χ2v) is 4.95. The molecular weight excluding hydrogens is 198 g/mol. The van der Waals surface area contributed by atoms with Crippen molar-refractivity contribution in [3.8, 4) is 0 Å². The summed E-state index contributed by atoms with van der Waals surface area (Å²) in [4.78, 5) is 6.45. The molecule has 1 aromatic heterocycles. The predicted octanol–water partition coefficient (Wildman–Crippen LogP) is 1.37. The van der Waals surface area contributed by atoms with E-state index in [1.54, 1.807) is 0 Å². The molecule has 2 rings (SSSR count). The van der Waals surface area contributed by atoms with Crippen LogP contribution in [0, 0.1) is 11.8 Å². The summed E-state index contributed by atoms with van der Waals surface area (Å²) >= 11 is 0. The van der Waals surface area contributed by atoms with Gasteiger partial charge in [-0.25, -0.2) is 0 Å². The highest BCUT2D eigenvalue weighted by Crippen LogP contribution is 2.17. The Morgan fingerprint density at radius 2 is 2.12 bits per heavy atom. The molecule has 1 fully saturated rings. The van der Waals surface area contributed by atoms with Gasteiger partial charge in [0.1, 0.15) is 0 Å². The van der Waals surface area contributed by atoms with Crippen LogP contribution in [0.25, 0.3) is 0 Å². The average molecular weight is 219 g/mol. The third kappa shape index (κ3) is 3.03. The molecule has 0 saturated carbocycles. The van der Waals surface area contributed by atoms with E-state index in [0.29, 0.717) is 0 Å². The molecule has 3 heteroatoms. The van der Waals surface area contributed by atoms with Crippen LogP contribution in [0.1, 0.15) is 12.5 Å². The maximum Gasteiger partial charge on any atom is 0.0271 e. The predicted molar refractivity (Wildman–Crippen MR) is 66.1 cm³/mol. The summed E-state index contributed by atoms with van der Waals surface area (Å²) in [7, 11) is 2.20. The van der Waals surface area contributed by atoms with Crippen molar-refractivity contribution in [2.24, 2.45) is 11.8 Å². The van der Waals surface area contributed by atoms with Gasteiger partial charge in [0, 0.05) is 25.5 Å². The SMILES string of the molecule is CC1CNCC1CN(C)Cc1ccncc1. The summed E-state index contributed by atoms with van der Waals surface area (Å²) in [5.74, 6) is 1.60. The summed E-state index contributed by atoms with van der Waals surface area (Å²) in [6.45, 7) is 6.88. The zero-order valence-electron chi connectivity index (χ0n) is 10.2. The van der Waals surface area contributed by atoms with Crippen molar-refractivity contribution in [1.29, 1.82) is 0 Å². The Labute approximate surface area is 97.9 Å². The van der Waals surface area contributed by atoms with Crippen LogP contribution in [0.2, 0.25) is 0 Å². The van der Waals surface area contributed by atoms with Gasteiger partial charge in [0.05, 0.1) is 0 Å². The van der Waals surface area contributed by atoms with Crippen molar-refractivity contribution < 1.29 is 0 Å². The Kier molecular flexibility index (Phi) is 3.91. The molecule has 1 aliphatic rings. The molecule has 1 aliphatic heterocycles. The van der Waals surface area contributed by atoms with E-state index in [2.05, 4.69) is 41.3 Å². The lowest BCUT2D eigenvalue weighted by atomic mass is 9.97. The molecule has 1 N–H and O–H groups in total. The molecule has 1 aromatic rings. The Bertz CT molecular complexity index is 312. The summed E-state index contributed by atoms with van der Waals surface area (Å²) < 4.78 is 0. The second-order valence-electron chi connectivity index (χ2n) is 4.95. The number of pyridine rings is 1. The molecular formula is C13H21N3. The Hall–Kier alpha value is -0.930. The van der Waals surface area contributed by atoms with Crippen LogP contribution in [0.5, 0.6) is 0 Å². The van der Waals surface area contributed by atoms with Crippen molar-refractivity contribution in [2.45, 2.75) is 13.5 Å². The number of hydrogen-bond acceptors (Lipinski definition) is 3. The van der Waals surface area contributed by atoms with Gasteiger partial charge >= 0.3 is 0 Å². The van der Waals surface area contributed by atoms with Crippen molar-refractivity contribution >= 4 is 0 Å². The number of hydrogen-bond donors (Lipinski definition) is 1. The fourth-order valence-corrected chi connectivity index (χ4v) is 2.37. The highest BCUT2D eigenvalue weighted by molar-refractivity contribution is 5.09. The molecule has 2 heterocycles. The first-order chi connectivity index (χ1) is 7.75. The van der Waals surface area contributed by atoms with E-state index < -0.39 is 0 Å². The summed E-state index contributed by atoms with van der Waals surface area (Å²) in [6, 6.07) is 4.18. The lowest BCUT2D eigenvalue weighted by Crippen LogP contribution is -2.28. The smallest absolute Gasteiger partial charge is 0.0271 e. The molecule has 2 unspecified atom stereocenters. The zero-order valence-corrected chi connectivity index (χ0v) is 10.2. The summed E-state index contributed by atoms with van der Waals surface area (Å²) in [6.07, 6.45) is 3.73. The first kappa shape index (κ1) is 11.6. The zero-order chi connectivity index (χ0) is 11.4. The quantitative estimate of drug-likeness (QED) is 0.829. The molecule has 16 heavy (non-hydrogen) atoms. The monoisotopic (exact) mass is 219 g/mol. The lowest BCUT2D eigenvalue weighted by molar-refractivity contribution is 0.252. The van der Waals surface area contributed by atoms with E-state index in [-0.39, 0.29) is 0 Å². The molecule has 0 aromatic carbocycles. The van der Waals surface area contributed by atoms with Gasteiger partial charge in [-0.3, -0.25) is 4.98 Å². The molecule has 0 bridgehead atoms. The van der Waals surface area contributed by atoms with Gasteiger partial charge in [0.15, 0.2) is 0 Å². The molecule has 2 atom stereocenters. The highest BCUT2D eigenvalue weighted by Gasteiger charge is 2.23. The van der Waals surface area contributed by atoms with Crippen molar-refractivity contribution in [2.75, 3.05) is 26.7 Å². The van der Waals surface area contributed by atoms with Crippen LogP contribution in [-0.2, 0) is 6.54 Å². The fraction of sp³-hybridized carbons (Fsp3) is 0.615. The molecule has 0 radical (unpaired) electrons. The fourth-order valence-electron chi connectivity index (χ4n) is 2.37. The average Bonchev–Trinajstić information content (AvgIpc) is 2.66. The van der Waals surface area contributed by atoms with Crippen molar-refractivity contribution in [3.05, 3.63) is 30.1 Å². The van der Waals surface area contributed by atoms with Gasteiger partial charge in [0.2, 0.25) is 0 Å². The van der Waals surface area contributed by atoms with Crippen LogP contribution in [-0.4, -0.2) is 36.6 Å². The Balaban J connectivity index is 1.82. The van der Waals surface area contributed by atoms with Crippen LogP contribution in [0.3, 0.4) is 0 Å². The van der Waals surface area contributed by atoms with E-state index in [9.17, 15) is 0 Å². The first-order valence-electron chi connectivity index (χ1n) is 6.04. The number of aromatic nitrogens is 1. The largest absolute Gasteiger partial charge is 0.316 e. The Morgan fingerprint density at radius 3 is 2.75 bits per heavy atom. The van der Waals surface area contributed by atoms with E-state index in [0.717, 1.165) is 18.4 Å². The van der Waals surface area contributed by atoms with Crippen LogP contribution >= 0.6 is 0 Å². The van der Waals surface area contributed by atoms with E-state index in [4.69, 9.17) is 0 Å². The van der Waals surface area contributed by atoms with Crippen molar-refractivity contribution in [1.82, 2.24) is 15.2 Å². The summed E-state index contributed by atoms with van der Waals surface area (Å²) in [5.41, 5.74) is 1.34. The van der Waals surface area contributed by atoms with E-state index in [1.807, 2.05) is 12.4 Å². The van der Waals surface area contributed by atoms with Crippen LogP contribution in [0.4, 0.5) is 0 Å². The number of rotatable bonds is 4. The van der Waals surface area contributed by atoms with Gasteiger partial charge < -0.3 is 10.2 Å². The standard InChI is InChI=1S/C13H21N3/c1-11-7-15-8-13(11)10-16(2)9-12-3-5-14-6-4-12/h3-6,11,13,15H,7-10H2,1-2H3. The van der Waals surface area contributed by atoms with Gasteiger partial charge in [-0.05, 0) is 49.7 Å². The van der Waals surface area contributed by atoms with Crippen LogP contribution in [0.15, 0.2) is 24.5 Å². The van der Waals surface area contributed by atoms with Crippen molar-refractivity contribution in [3.63, 3.8) is 0 Å². The summed E-state index contributed by atoms with van der Waals surface area (Å²) in [5, 5.41) is 3.45. The molecule has 1 saturated heterocycles. The molecule has 0 aliphatic carbocycles. The van der Waals surface area contributed by atoms with Gasteiger partial charge in [-0.2, -0.15) is 0 Å². The highest BCUT2D eigenvalue weighted by atomic mass is 15.1. The minimum absolute atomic E-state index is 0.798. The molecule has 0 amide bonds. The number of nitrogens with zero attached hydrogens (tertiary/aromatic N) is 2. The van der Waals surface area contributed by atoms with E-state index in [1.165, 1.54) is 25.2 Å². The third-order valence-corrected chi connectivity index (χ3v) is 3.43. The lowest BCUT2D eigenvalue weighted by Gasteiger charge is -2.23. The third-order valence-electron chi connectivity index (χ3n) is 3.43. The maximum atomic E-state index is 4.04. The molecule has 0 spiro atoms. The Morgan fingerprint density at radius 1 is 1.38 bits per heavy atom. The van der Waals surface area contributed by atoms with Gasteiger partial charge in [-0.1, -0.05) is 6.92 Å². The van der Waals surface area contributed by atoms with Gasteiger partial charge in [0.25, 0.3) is 0 Å². The minimum atomic E-state index is 0.798. The first-order valence-corrected chi connectivity index (χ1v) is 6.04. The normalized spacial score (nSPS) is 25.2. The number of nitrogens with one attached hydrogen (secondary N) is 1. The van der Waals surface area contributed by atoms with Gasteiger partial charge in [-0.15, -0.1) is 0 Å². The van der Waals surface area contributed by atoms with Crippen LogP contribution < -0.4 is 5.32 Å². The molecule has 88 valence electrons. The second kappa shape index (κ2) is 5.41. The topological polar surface area (TPSA) is 28.2 Å². The molecule has 3 nitrogen and oxygen atoms in total. The minimum Gasteiger partial charge on any atom is -0.316 e.